The fourth-order valence-electron chi connectivity index (χ4n) is 4.76. The first-order chi connectivity index (χ1) is 15.1. The first kappa shape index (κ1) is 20.6. The summed E-state index contributed by atoms with van der Waals surface area (Å²) >= 11 is 1.95. The summed E-state index contributed by atoms with van der Waals surface area (Å²) in [7, 11) is 0. The molecule has 0 bridgehead atoms. The Bertz CT molecular complexity index is 1190. The second-order valence-corrected chi connectivity index (χ2v) is 9.96. The van der Waals surface area contributed by atoms with Crippen molar-refractivity contribution < 1.29 is 9.84 Å². The molecular weight excluding hydrogens is 404 g/mol. The average molecular weight is 435 g/mol. The summed E-state index contributed by atoms with van der Waals surface area (Å²) in [5, 5.41) is 13.1. The lowest BCUT2D eigenvalue weighted by atomic mass is 9.94. The van der Waals surface area contributed by atoms with Crippen molar-refractivity contribution in [1.29, 1.82) is 0 Å². The lowest BCUT2D eigenvalue weighted by Gasteiger charge is -2.32. The van der Waals surface area contributed by atoms with Gasteiger partial charge in [0.05, 0.1) is 0 Å². The lowest BCUT2D eigenvalue weighted by Crippen LogP contribution is -2.40. The maximum absolute atomic E-state index is 10.6. The zero-order valence-electron chi connectivity index (χ0n) is 18.2. The van der Waals surface area contributed by atoms with Crippen LogP contribution in [0.2, 0.25) is 0 Å². The van der Waals surface area contributed by atoms with E-state index in [9.17, 15) is 5.11 Å². The number of aliphatic hydroxyl groups is 1. The van der Waals surface area contributed by atoms with Gasteiger partial charge in [0.2, 0.25) is 0 Å². The Morgan fingerprint density at radius 1 is 1.10 bits per heavy atom. The summed E-state index contributed by atoms with van der Waals surface area (Å²) in [4.78, 5) is 7.23. The zero-order chi connectivity index (χ0) is 21.4. The van der Waals surface area contributed by atoms with Crippen LogP contribution in [0.15, 0.2) is 48.5 Å². The highest BCUT2D eigenvalue weighted by Crippen LogP contribution is 2.37. The van der Waals surface area contributed by atoms with Gasteiger partial charge < -0.3 is 19.7 Å². The Morgan fingerprint density at radius 2 is 1.90 bits per heavy atom. The molecule has 0 saturated carbocycles. The van der Waals surface area contributed by atoms with Crippen molar-refractivity contribution in [3.63, 3.8) is 0 Å². The quantitative estimate of drug-likeness (QED) is 0.414. The second kappa shape index (κ2) is 8.65. The van der Waals surface area contributed by atoms with Crippen LogP contribution in [0.1, 0.15) is 34.9 Å². The molecule has 2 N–H and O–H groups in total. The second-order valence-electron chi connectivity index (χ2n) is 8.84. The number of aliphatic hydroxyl groups excluding tert-OH is 1. The van der Waals surface area contributed by atoms with Crippen LogP contribution < -0.4 is 4.74 Å². The van der Waals surface area contributed by atoms with Gasteiger partial charge in [0, 0.05) is 32.7 Å². The molecule has 5 rings (SSSR count). The van der Waals surface area contributed by atoms with Crippen molar-refractivity contribution >= 4 is 32.3 Å². The lowest BCUT2D eigenvalue weighted by molar-refractivity contribution is 0.0600. The molecule has 162 valence electrons. The molecule has 31 heavy (non-hydrogen) atoms. The first-order valence-corrected chi connectivity index (χ1v) is 12.0. The summed E-state index contributed by atoms with van der Waals surface area (Å²) in [6.07, 6.45) is 1.82. The summed E-state index contributed by atoms with van der Waals surface area (Å²) in [5.74, 6) is 1.47. The summed E-state index contributed by atoms with van der Waals surface area (Å²) in [6, 6.07) is 17.1. The maximum Gasteiger partial charge on any atom is 0.128 e. The van der Waals surface area contributed by atoms with Gasteiger partial charge in [-0.15, -0.1) is 11.3 Å². The Labute approximate surface area is 187 Å². The van der Waals surface area contributed by atoms with Crippen LogP contribution in [0.5, 0.6) is 5.75 Å². The zero-order valence-corrected chi connectivity index (χ0v) is 19.0. The molecule has 1 saturated heterocycles. The van der Waals surface area contributed by atoms with Crippen molar-refractivity contribution in [2.45, 2.75) is 38.7 Å². The van der Waals surface area contributed by atoms with Crippen molar-refractivity contribution in [2.75, 3.05) is 26.2 Å². The van der Waals surface area contributed by atoms with Gasteiger partial charge in [-0.3, -0.25) is 0 Å². The number of rotatable bonds is 6. The van der Waals surface area contributed by atoms with E-state index < -0.39 is 6.10 Å². The van der Waals surface area contributed by atoms with E-state index in [0.29, 0.717) is 19.1 Å². The number of aromatic amines is 1. The molecular formula is C26H30N2O2S. The van der Waals surface area contributed by atoms with E-state index in [1.54, 1.807) is 0 Å². The standard InChI is InChI=1S/C26H30N2O2S/c1-17-5-3-8-25-21(17)14-26(31-25)19-9-11-28(12-10-19)15-20(29)16-30-24-7-4-6-23-22(24)13-18(2)27-23/h3-8,13-14,19-20,27,29H,9-12,15-16H2,1-2H3/t20-/m0/s1. The molecule has 1 atom stereocenters. The molecule has 1 aliphatic heterocycles. The number of likely N-dealkylation sites (tertiary alicyclic amines) is 1. The third-order valence-corrected chi connectivity index (χ3v) is 7.71. The molecule has 1 fully saturated rings. The molecule has 2 aromatic heterocycles. The van der Waals surface area contributed by atoms with Crippen LogP contribution in [0.25, 0.3) is 21.0 Å². The van der Waals surface area contributed by atoms with Gasteiger partial charge >= 0.3 is 0 Å². The molecule has 0 aliphatic carbocycles. The Hall–Kier alpha value is -2.34. The van der Waals surface area contributed by atoms with Crippen LogP contribution in [0, 0.1) is 13.8 Å². The van der Waals surface area contributed by atoms with E-state index in [4.69, 9.17) is 4.74 Å². The van der Waals surface area contributed by atoms with Crippen molar-refractivity contribution in [3.8, 4) is 5.75 Å². The van der Waals surface area contributed by atoms with E-state index in [0.717, 1.165) is 48.3 Å². The van der Waals surface area contributed by atoms with Gasteiger partial charge in [-0.05, 0) is 87.0 Å². The Kier molecular flexibility index (Phi) is 5.74. The van der Waals surface area contributed by atoms with Crippen molar-refractivity contribution in [2.24, 2.45) is 0 Å². The number of piperidine rings is 1. The minimum absolute atomic E-state index is 0.318. The van der Waals surface area contributed by atoms with Gasteiger partial charge in [-0.25, -0.2) is 0 Å². The fourth-order valence-corrected chi connectivity index (χ4v) is 6.07. The summed E-state index contributed by atoms with van der Waals surface area (Å²) < 4.78 is 7.38. The van der Waals surface area contributed by atoms with Crippen LogP contribution >= 0.6 is 11.3 Å². The maximum atomic E-state index is 10.6. The van der Waals surface area contributed by atoms with Gasteiger partial charge in [-0.2, -0.15) is 0 Å². The molecule has 4 aromatic rings. The van der Waals surface area contributed by atoms with Crippen molar-refractivity contribution in [1.82, 2.24) is 9.88 Å². The molecule has 0 unspecified atom stereocenters. The molecule has 0 amide bonds. The fraction of sp³-hybridized carbons (Fsp3) is 0.385. The number of nitrogens with one attached hydrogen (secondary N) is 1. The van der Waals surface area contributed by atoms with E-state index in [1.807, 2.05) is 36.5 Å². The minimum Gasteiger partial charge on any atom is -0.490 e. The topological polar surface area (TPSA) is 48.5 Å². The highest BCUT2D eigenvalue weighted by Gasteiger charge is 2.24. The van der Waals surface area contributed by atoms with E-state index >= 15 is 0 Å². The SMILES string of the molecule is Cc1cc2c(OC[C@@H](O)CN3CCC(c4cc5c(C)cccc5s4)CC3)cccc2[nH]1. The smallest absolute Gasteiger partial charge is 0.128 e. The van der Waals surface area contributed by atoms with Crippen molar-refractivity contribution in [3.05, 3.63) is 64.7 Å². The molecule has 2 aromatic carbocycles. The number of H-pyrrole nitrogens is 1. The molecule has 0 spiro atoms. The number of aryl methyl sites for hydroxylation is 2. The molecule has 0 radical (unpaired) electrons. The van der Waals surface area contributed by atoms with Crippen LogP contribution in [0.4, 0.5) is 0 Å². The predicted octanol–water partition coefficient (Wildman–Crippen LogP) is 5.62. The number of hydrogen-bond donors (Lipinski definition) is 2. The number of thiophene rings is 1. The molecule has 5 heteroatoms. The van der Waals surface area contributed by atoms with E-state index in [-0.39, 0.29) is 0 Å². The number of hydrogen-bond acceptors (Lipinski definition) is 4. The average Bonchev–Trinajstić information content (AvgIpc) is 3.37. The van der Waals surface area contributed by atoms with Crippen LogP contribution in [-0.2, 0) is 0 Å². The Morgan fingerprint density at radius 3 is 2.71 bits per heavy atom. The third kappa shape index (κ3) is 4.36. The molecule has 1 aliphatic rings. The van der Waals surface area contributed by atoms with Gasteiger partial charge in [-0.1, -0.05) is 18.2 Å². The Balaban J connectivity index is 1.14. The van der Waals surface area contributed by atoms with Gasteiger partial charge in [0.1, 0.15) is 18.5 Å². The minimum atomic E-state index is -0.487. The summed E-state index contributed by atoms with van der Waals surface area (Å²) in [5.41, 5.74) is 3.55. The molecule has 3 heterocycles. The van der Waals surface area contributed by atoms with E-state index in [1.165, 1.54) is 20.5 Å². The van der Waals surface area contributed by atoms with Crippen LogP contribution in [0.3, 0.4) is 0 Å². The number of nitrogens with zero attached hydrogens (tertiary/aromatic N) is 1. The number of benzene rings is 2. The van der Waals surface area contributed by atoms with Crippen LogP contribution in [-0.4, -0.2) is 47.3 Å². The predicted molar refractivity (Wildman–Crippen MR) is 130 cm³/mol. The number of ether oxygens (including phenoxy) is 1. The highest BCUT2D eigenvalue weighted by atomic mass is 32.1. The molecule has 4 nitrogen and oxygen atoms in total. The number of fused-ring (bicyclic) bond motifs is 2. The monoisotopic (exact) mass is 434 g/mol. The number of aromatic nitrogens is 1. The third-order valence-electron chi connectivity index (χ3n) is 6.45. The van der Waals surface area contributed by atoms with E-state index in [2.05, 4.69) is 47.1 Å². The number of β-amino-alcohol motifs (C(OH)–C–C–N with tert-alkyl or cyclic N) is 1. The van der Waals surface area contributed by atoms with Gasteiger partial charge in [0.25, 0.3) is 0 Å². The summed E-state index contributed by atoms with van der Waals surface area (Å²) in [6.45, 7) is 7.28. The normalized spacial score (nSPS) is 16.9. The highest BCUT2D eigenvalue weighted by molar-refractivity contribution is 7.19. The first-order valence-electron chi connectivity index (χ1n) is 11.2. The largest absolute Gasteiger partial charge is 0.490 e. The van der Waals surface area contributed by atoms with Gasteiger partial charge in [0.15, 0.2) is 0 Å².